The Morgan fingerprint density at radius 3 is 2.83 bits per heavy atom. The zero-order chi connectivity index (χ0) is 13.1. The van der Waals surface area contributed by atoms with Crippen molar-refractivity contribution in [3.63, 3.8) is 0 Å². The summed E-state index contributed by atoms with van der Waals surface area (Å²) < 4.78 is 13.7. The number of nitrogens with two attached hydrogens (primary N) is 2. The highest BCUT2D eigenvalue weighted by Gasteiger charge is 2.20. The highest BCUT2D eigenvalue weighted by molar-refractivity contribution is 5.46. The number of nitrogens with one attached hydrogen (secondary N) is 1. The van der Waals surface area contributed by atoms with Crippen LogP contribution < -0.4 is 17.0 Å². The van der Waals surface area contributed by atoms with Crippen LogP contribution >= 0.6 is 0 Å². The Labute approximate surface area is 104 Å². The maximum atomic E-state index is 13.7. The second-order valence-electron chi connectivity index (χ2n) is 3.96. The Balaban J connectivity index is 2.52. The van der Waals surface area contributed by atoms with Gasteiger partial charge in [0.05, 0.1) is 11.7 Å². The topological polar surface area (TPSA) is 89.8 Å². The van der Waals surface area contributed by atoms with E-state index in [2.05, 4.69) is 15.4 Å². The van der Waals surface area contributed by atoms with Gasteiger partial charge >= 0.3 is 0 Å². The van der Waals surface area contributed by atoms with Crippen molar-refractivity contribution in [2.75, 3.05) is 5.73 Å². The minimum atomic E-state index is -0.626. The van der Waals surface area contributed by atoms with Crippen LogP contribution in [-0.2, 0) is 0 Å². The van der Waals surface area contributed by atoms with E-state index in [9.17, 15) is 4.39 Å². The molecule has 0 radical (unpaired) electrons. The average Bonchev–Trinajstić information content (AvgIpc) is 2.36. The molecule has 2 aromatic rings. The Bertz CT molecular complexity index is 558. The molecule has 6 heteroatoms. The molecule has 0 aliphatic carbocycles. The molecule has 0 saturated heterocycles. The molecule has 1 unspecified atom stereocenters. The smallest absolute Gasteiger partial charge is 0.146 e. The number of aromatic nitrogens is 2. The number of anilines is 1. The van der Waals surface area contributed by atoms with Crippen molar-refractivity contribution in [3.05, 3.63) is 53.2 Å². The fourth-order valence-electron chi connectivity index (χ4n) is 1.76. The van der Waals surface area contributed by atoms with Crippen molar-refractivity contribution in [2.45, 2.75) is 13.0 Å². The largest absolute Gasteiger partial charge is 0.383 e. The van der Waals surface area contributed by atoms with Crippen molar-refractivity contribution < 1.29 is 4.39 Å². The van der Waals surface area contributed by atoms with Crippen molar-refractivity contribution in [3.8, 4) is 0 Å². The molecule has 0 saturated carbocycles. The molecule has 2 aromatic heterocycles. The monoisotopic (exact) mass is 247 g/mol. The SMILES string of the molecule is Cc1cnc(N)c(C(NN)c2ncccc2F)c1. The van der Waals surface area contributed by atoms with Crippen LogP contribution in [0.2, 0.25) is 0 Å². The van der Waals surface area contributed by atoms with Gasteiger partial charge < -0.3 is 5.73 Å². The summed E-state index contributed by atoms with van der Waals surface area (Å²) in [7, 11) is 0. The molecule has 0 aliphatic heterocycles. The van der Waals surface area contributed by atoms with Crippen LogP contribution in [0.3, 0.4) is 0 Å². The number of rotatable bonds is 3. The molecule has 0 spiro atoms. The van der Waals surface area contributed by atoms with E-state index in [1.165, 1.54) is 18.3 Å². The Morgan fingerprint density at radius 1 is 1.39 bits per heavy atom. The molecule has 0 aromatic carbocycles. The first-order chi connectivity index (χ1) is 8.63. The van der Waals surface area contributed by atoms with Crippen LogP contribution in [0.25, 0.3) is 0 Å². The van der Waals surface area contributed by atoms with Gasteiger partial charge in [-0.1, -0.05) is 0 Å². The molecular formula is C12H14FN5. The number of hydrogen-bond acceptors (Lipinski definition) is 5. The predicted octanol–water partition coefficient (Wildman–Crippen LogP) is 1.06. The van der Waals surface area contributed by atoms with Gasteiger partial charge in [-0.15, -0.1) is 0 Å². The fraction of sp³-hybridized carbons (Fsp3) is 0.167. The van der Waals surface area contributed by atoms with Gasteiger partial charge in [0.2, 0.25) is 0 Å². The van der Waals surface area contributed by atoms with E-state index in [4.69, 9.17) is 11.6 Å². The summed E-state index contributed by atoms with van der Waals surface area (Å²) in [5.41, 5.74) is 10.0. The summed E-state index contributed by atoms with van der Waals surface area (Å²) in [4.78, 5) is 8.03. The van der Waals surface area contributed by atoms with Gasteiger partial charge in [0.1, 0.15) is 11.6 Å². The summed E-state index contributed by atoms with van der Waals surface area (Å²) in [6.07, 6.45) is 3.14. The number of hydrazine groups is 1. The highest BCUT2D eigenvalue weighted by atomic mass is 19.1. The number of nitrogens with zero attached hydrogens (tertiary/aromatic N) is 2. The third-order valence-corrected chi connectivity index (χ3v) is 2.62. The van der Waals surface area contributed by atoms with E-state index in [0.717, 1.165) is 5.56 Å². The lowest BCUT2D eigenvalue weighted by Gasteiger charge is -2.18. The molecule has 5 N–H and O–H groups in total. The van der Waals surface area contributed by atoms with Crippen LogP contribution in [0.15, 0.2) is 30.6 Å². The lowest BCUT2D eigenvalue weighted by Crippen LogP contribution is -2.31. The van der Waals surface area contributed by atoms with Gasteiger partial charge in [0.25, 0.3) is 0 Å². The third kappa shape index (κ3) is 2.29. The van der Waals surface area contributed by atoms with E-state index in [0.29, 0.717) is 11.4 Å². The van der Waals surface area contributed by atoms with Gasteiger partial charge in [0.15, 0.2) is 0 Å². The predicted molar refractivity (Wildman–Crippen MR) is 66.7 cm³/mol. The van der Waals surface area contributed by atoms with Crippen LogP contribution in [0, 0.1) is 12.7 Å². The molecule has 5 nitrogen and oxygen atoms in total. The van der Waals surface area contributed by atoms with Gasteiger partial charge in [0, 0.05) is 18.0 Å². The van der Waals surface area contributed by atoms with Gasteiger partial charge in [-0.25, -0.2) is 14.8 Å². The minimum absolute atomic E-state index is 0.194. The standard InChI is InChI=1S/C12H14FN5/c1-7-5-8(12(14)17-6-7)10(18-15)11-9(13)3-2-4-16-11/h2-6,10,18H,15H2,1H3,(H2,14,17). The van der Waals surface area contributed by atoms with Crippen molar-refractivity contribution in [1.29, 1.82) is 0 Å². The number of halogens is 1. The first-order valence-corrected chi connectivity index (χ1v) is 5.42. The second-order valence-corrected chi connectivity index (χ2v) is 3.96. The van der Waals surface area contributed by atoms with E-state index in [1.54, 1.807) is 12.3 Å². The summed E-state index contributed by atoms with van der Waals surface area (Å²) in [6, 6.07) is 4.02. The minimum Gasteiger partial charge on any atom is -0.383 e. The second kappa shape index (κ2) is 5.07. The summed E-state index contributed by atoms with van der Waals surface area (Å²) in [5.74, 6) is 5.34. The van der Waals surface area contributed by atoms with Crippen molar-refractivity contribution in [2.24, 2.45) is 5.84 Å². The van der Waals surface area contributed by atoms with Crippen LogP contribution in [0.5, 0.6) is 0 Å². The zero-order valence-electron chi connectivity index (χ0n) is 9.89. The van der Waals surface area contributed by atoms with Crippen molar-refractivity contribution >= 4 is 5.82 Å². The van der Waals surface area contributed by atoms with Crippen molar-refractivity contribution in [1.82, 2.24) is 15.4 Å². The normalized spacial score (nSPS) is 12.4. The number of aryl methyl sites for hydroxylation is 1. The summed E-state index contributed by atoms with van der Waals surface area (Å²) >= 11 is 0. The van der Waals surface area contributed by atoms with E-state index in [-0.39, 0.29) is 5.69 Å². The Hall–Kier alpha value is -2.05. The maximum Gasteiger partial charge on any atom is 0.146 e. The third-order valence-electron chi connectivity index (χ3n) is 2.62. The molecule has 0 amide bonds. The lowest BCUT2D eigenvalue weighted by atomic mass is 10.0. The zero-order valence-corrected chi connectivity index (χ0v) is 9.89. The van der Waals surface area contributed by atoms with Crippen LogP contribution in [0.1, 0.15) is 22.9 Å². The molecule has 94 valence electrons. The van der Waals surface area contributed by atoms with Gasteiger partial charge in [-0.05, 0) is 30.7 Å². The van der Waals surface area contributed by atoms with Crippen LogP contribution in [0.4, 0.5) is 10.2 Å². The lowest BCUT2D eigenvalue weighted by molar-refractivity contribution is 0.543. The van der Waals surface area contributed by atoms with E-state index < -0.39 is 11.9 Å². The molecule has 0 bridgehead atoms. The maximum absolute atomic E-state index is 13.7. The quantitative estimate of drug-likeness (QED) is 0.557. The van der Waals surface area contributed by atoms with E-state index >= 15 is 0 Å². The average molecular weight is 247 g/mol. The summed E-state index contributed by atoms with van der Waals surface area (Å²) in [6.45, 7) is 1.87. The first kappa shape index (κ1) is 12.4. The molecule has 0 fully saturated rings. The van der Waals surface area contributed by atoms with E-state index in [1.807, 2.05) is 6.92 Å². The Kier molecular flexibility index (Phi) is 3.50. The molecule has 1 atom stereocenters. The molecule has 2 rings (SSSR count). The van der Waals surface area contributed by atoms with Gasteiger partial charge in [-0.2, -0.15) is 0 Å². The molecule has 18 heavy (non-hydrogen) atoms. The molecule has 0 aliphatic rings. The fourth-order valence-corrected chi connectivity index (χ4v) is 1.76. The van der Waals surface area contributed by atoms with Gasteiger partial charge in [-0.3, -0.25) is 10.8 Å². The Morgan fingerprint density at radius 2 is 2.17 bits per heavy atom. The first-order valence-electron chi connectivity index (χ1n) is 5.42. The molecule has 2 heterocycles. The van der Waals surface area contributed by atoms with Crippen LogP contribution in [-0.4, -0.2) is 9.97 Å². The highest BCUT2D eigenvalue weighted by Crippen LogP contribution is 2.25. The number of pyridine rings is 2. The number of nitrogen functional groups attached to an aromatic ring is 1. The molecular weight excluding hydrogens is 233 g/mol. The number of hydrogen-bond donors (Lipinski definition) is 3. The summed E-state index contributed by atoms with van der Waals surface area (Å²) in [5, 5.41) is 0.